The van der Waals surface area contributed by atoms with E-state index in [1.807, 2.05) is 0 Å². The summed E-state index contributed by atoms with van der Waals surface area (Å²) in [6.07, 6.45) is 37.5. The number of carbonyl (C=O) groups is 3. The molecule has 0 aromatic rings. The van der Waals surface area contributed by atoms with Gasteiger partial charge in [0.25, 0.3) is 0 Å². The summed E-state index contributed by atoms with van der Waals surface area (Å²) < 4.78 is 26.7. The minimum absolute atomic E-state index is 0.146. The van der Waals surface area contributed by atoms with Gasteiger partial charge in [-0.05, 0) is 51.4 Å². The molecule has 0 aromatic heterocycles. The lowest BCUT2D eigenvalue weighted by Crippen LogP contribution is -2.43. The van der Waals surface area contributed by atoms with Crippen LogP contribution in [-0.2, 0) is 32.7 Å². The number of hydrogen-bond donors (Lipinski definition) is 4. The molecule has 0 fully saturated rings. The van der Waals surface area contributed by atoms with Crippen molar-refractivity contribution < 1.29 is 47.8 Å². The number of phosphoric ester groups is 1. The number of carbonyl (C=O) groups excluding carboxylic acids is 2. The molecule has 308 valence electrons. The molecule has 0 aliphatic heterocycles. The van der Waals surface area contributed by atoms with E-state index in [9.17, 15) is 34.1 Å². The Morgan fingerprint density at radius 1 is 0.604 bits per heavy atom. The number of aliphatic hydroxyl groups is 1. The minimum Gasteiger partial charge on any atom is -0.480 e. The Morgan fingerprint density at radius 3 is 1.58 bits per heavy atom. The smallest absolute Gasteiger partial charge is 0.472 e. The number of phosphoric acid groups is 1. The van der Waals surface area contributed by atoms with E-state index in [4.69, 9.17) is 13.8 Å². The molecule has 3 atom stereocenters. The van der Waals surface area contributed by atoms with Crippen LogP contribution < -0.4 is 5.32 Å². The van der Waals surface area contributed by atoms with Gasteiger partial charge >= 0.3 is 19.8 Å². The molecule has 0 radical (unpaired) electrons. The molecule has 3 unspecified atom stereocenters. The number of ether oxygens (including phenoxy) is 1. The number of carboxylic acids is 1. The quantitative estimate of drug-likeness (QED) is 0.0205. The third-order valence-corrected chi connectivity index (χ3v) is 9.63. The molecule has 4 N–H and O–H groups in total. The van der Waals surface area contributed by atoms with Crippen molar-refractivity contribution in [1.29, 1.82) is 0 Å². The van der Waals surface area contributed by atoms with Crippen molar-refractivity contribution in [3.8, 4) is 0 Å². The highest BCUT2D eigenvalue weighted by Crippen LogP contribution is 2.43. The Morgan fingerprint density at radius 2 is 1.04 bits per heavy atom. The van der Waals surface area contributed by atoms with Crippen LogP contribution in [0.15, 0.2) is 36.5 Å². The van der Waals surface area contributed by atoms with Crippen LogP contribution >= 0.6 is 7.82 Å². The number of aliphatic carboxylic acids is 1. The van der Waals surface area contributed by atoms with Crippen molar-refractivity contribution in [2.75, 3.05) is 19.8 Å². The van der Waals surface area contributed by atoms with Crippen LogP contribution in [0.1, 0.15) is 174 Å². The number of unbranched alkanes of at least 4 members (excludes halogenated alkanes) is 18. The van der Waals surface area contributed by atoms with Crippen LogP contribution in [0.25, 0.3) is 0 Å². The van der Waals surface area contributed by atoms with Gasteiger partial charge in [-0.2, -0.15) is 0 Å². The fourth-order valence-electron chi connectivity index (χ4n) is 5.44. The first-order valence-electron chi connectivity index (χ1n) is 20.5. The highest BCUT2D eigenvalue weighted by molar-refractivity contribution is 7.47. The van der Waals surface area contributed by atoms with E-state index in [1.54, 1.807) is 0 Å². The first-order valence-corrected chi connectivity index (χ1v) is 22.0. The number of carboxylic acid groups (broad SMARTS) is 1. The highest BCUT2D eigenvalue weighted by atomic mass is 31.2. The van der Waals surface area contributed by atoms with Crippen LogP contribution in [-0.4, -0.2) is 64.9 Å². The van der Waals surface area contributed by atoms with E-state index >= 15 is 0 Å². The second kappa shape index (κ2) is 36.7. The van der Waals surface area contributed by atoms with Crippen LogP contribution in [0.2, 0.25) is 0 Å². The summed E-state index contributed by atoms with van der Waals surface area (Å²) in [5, 5.41) is 21.7. The van der Waals surface area contributed by atoms with Crippen molar-refractivity contribution in [3.63, 3.8) is 0 Å². The lowest BCUT2D eigenvalue weighted by molar-refractivity contribution is -0.147. The molecule has 0 spiro atoms. The summed E-state index contributed by atoms with van der Waals surface area (Å²) in [4.78, 5) is 45.7. The summed E-state index contributed by atoms with van der Waals surface area (Å²) in [5.41, 5.74) is 0. The largest absolute Gasteiger partial charge is 0.480 e. The molecule has 0 aliphatic carbocycles. The van der Waals surface area contributed by atoms with Crippen LogP contribution in [0.5, 0.6) is 0 Å². The first-order chi connectivity index (χ1) is 25.6. The number of allylic oxidation sites excluding steroid dienone is 6. The predicted octanol–water partition coefficient (Wildman–Crippen LogP) is 10.1. The van der Waals surface area contributed by atoms with E-state index in [2.05, 4.69) is 55.6 Å². The Bertz CT molecular complexity index is 1050. The average molecular weight is 772 g/mol. The molecule has 0 saturated heterocycles. The van der Waals surface area contributed by atoms with Crippen molar-refractivity contribution in [2.24, 2.45) is 0 Å². The highest BCUT2D eigenvalue weighted by Gasteiger charge is 2.28. The summed E-state index contributed by atoms with van der Waals surface area (Å²) in [5.74, 6) is -2.39. The van der Waals surface area contributed by atoms with E-state index in [-0.39, 0.29) is 12.8 Å². The van der Waals surface area contributed by atoms with Gasteiger partial charge in [-0.1, -0.05) is 147 Å². The van der Waals surface area contributed by atoms with Crippen molar-refractivity contribution in [1.82, 2.24) is 5.32 Å². The minimum atomic E-state index is -4.75. The van der Waals surface area contributed by atoms with Crippen LogP contribution in [0.4, 0.5) is 0 Å². The lowest BCUT2D eigenvalue weighted by Gasteiger charge is -2.18. The molecule has 11 nitrogen and oxygen atoms in total. The number of amides is 1. The molecule has 0 saturated carbocycles. The maximum Gasteiger partial charge on any atom is 0.472 e. The molecule has 0 rings (SSSR count). The summed E-state index contributed by atoms with van der Waals surface area (Å²) in [7, 11) is -4.75. The van der Waals surface area contributed by atoms with Gasteiger partial charge in [0.05, 0.1) is 13.2 Å². The fraction of sp³-hybridized carbons (Fsp3) is 0.780. The van der Waals surface area contributed by atoms with Gasteiger partial charge in [0, 0.05) is 12.8 Å². The number of rotatable bonds is 38. The Kier molecular flexibility index (Phi) is 35.1. The third-order valence-electron chi connectivity index (χ3n) is 8.68. The molecule has 0 bridgehead atoms. The van der Waals surface area contributed by atoms with Gasteiger partial charge in [0.2, 0.25) is 5.91 Å². The van der Waals surface area contributed by atoms with Gasteiger partial charge in [-0.15, -0.1) is 0 Å². The number of aliphatic hydroxyl groups excluding tert-OH is 1. The lowest BCUT2D eigenvalue weighted by atomic mass is 10.1. The maximum atomic E-state index is 12.2. The fourth-order valence-corrected chi connectivity index (χ4v) is 6.21. The zero-order chi connectivity index (χ0) is 39.3. The van der Waals surface area contributed by atoms with Gasteiger partial charge in [0.15, 0.2) is 6.04 Å². The van der Waals surface area contributed by atoms with Crippen LogP contribution in [0, 0.1) is 0 Å². The SMILES string of the molecule is CCCCC/C=C\C/C=C\C/C=C\CCCCCCCCC(=O)OCC(O)COP(=O)(O)OCC(NC(=O)CCCCCCCCCCCC)C(=O)O. The van der Waals surface area contributed by atoms with Gasteiger partial charge in [-0.25, -0.2) is 9.36 Å². The molecular formula is C41H74NO10P. The molecule has 12 heteroatoms. The normalized spacial score (nSPS) is 14.2. The molecule has 53 heavy (non-hydrogen) atoms. The molecule has 0 aliphatic rings. The molecule has 0 aromatic carbocycles. The molecule has 1 amide bonds. The van der Waals surface area contributed by atoms with Gasteiger partial charge in [0.1, 0.15) is 12.7 Å². The second-order valence-corrected chi connectivity index (χ2v) is 15.3. The topological polar surface area (TPSA) is 169 Å². The molecular weight excluding hydrogens is 697 g/mol. The summed E-state index contributed by atoms with van der Waals surface area (Å²) in [6.45, 7) is 2.51. The second-order valence-electron chi connectivity index (χ2n) is 13.8. The first kappa shape index (κ1) is 50.7. The Hall–Kier alpha value is -2.30. The van der Waals surface area contributed by atoms with E-state index in [0.717, 1.165) is 70.6 Å². The number of esters is 1. The van der Waals surface area contributed by atoms with Gasteiger partial charge in [-0.3, -0.25) is 18.6 Å². The zero-order valence-corrected chi connectivity index (χ0v) is 34.0. The van der Waals surface area contributed by atoms with E-state index in [1.165, 1.54) is 64.2 Å². The van der Waals surface area contributed by atoms with Gasteiger partial charge < -0.3 is 25.2 Å². The standard InChI is InChI=1S/C41H74NO10P/c1-3-5-7-9-11-13-15-16-17-18-19-20-21-22-23-25-27-29-31-33-40(45)50-34-37(43)35-51-53(48,49)52-36-38(41(46)47)42-39(44)32-30-28-26-24-14-12-10-8-6-4-2/h11,13,16-17,19-20,37-38,43H,3-10,12,14-15,18,21-36H2,1-2H3,(H,42,44)(H,46,47)(H,48,49)/b13-11-,17-16-,20-19-. The van der Waals surface area contributed by atoms with Crippen molar-refractivity contribution >= 4 is 25.7 Å². The van der Waals surface area contributed by atoms with E-state index < -0.39 is 57.6 Å². The Labute approximate surface area is 321 Å². The Balaban J connectivity index is 3.92. The number of hydrogen-bond acceptors (Lipinski definition) is 8. The zero-order valence-electron chi connectivity index (χ0n) is 33.1. The van der Waals surface area contributed by atoms with Crippen LogP contribution in [0.3, 0.4) is 0 Å². The maximum absolute atomic E-state index is 12.2. The van der Waals surface area contributed by atoms with E-state index in [0.29, 0.717) is 12.8 Å². The number of nitrogens with one attached hydrogen (secondary N) is 1. The monoisotopic (exact) mass is 772 g/mol. The summed E-state index contributed by atoms with van der Waals surface area (Å²) >= 11 is 0. The third kappa shape index (κ3) is 36.4. The average Bonchev–Trinajstić information content (AvgIpc) is 3.13. The molecule has 0 heterocycles. The van der Waals surface area contributed by atoms with Crippen molar-refractivity contribution in [3.05, 3.63) is 36.5 Å². The predicted molar refractivity (Wildman–Crippen MR) is 212 cm³/mol. The summed E-state index contributed by atoms with van der Waals surface area (Å²) in [6, 6.07) is -1.54. The van der Waals surface area contributed by atoms with Crippen molar-refractivity contribution in [2.45, 2.75) is 187 Å².